The third-order valence-electron chi connectivity index (χ3n) is 7.11. The third-order valence-corrected chi connectivity index (χ3v) is 7.11. The van der Waals surface area contributed by atoms with Crippen LogP contribution >= 0.6 is 0 Å². The molecule has 3 heterocycles. The monoisotopic (exact) mass is 390 g/mol. The van der Waals surface area contributed by atoms with Crippen LogP contribution in [-0.4, -0.2) is 49.1 Å². The Labute approximate surface area is 175 Å². The van der Waals surface area contributed by atoms with Crippen LogP contribution in [0.2, 0.25) is 0 Å². The fourth-order valence-corrected chi connectivity index (χ4v) is 5.61. The molecule has 0 bridgehead atoms. The van der Waals surface area contributed by atoms with Crippen molar-refractivity contribution in [1.82, 2.24) is 9.80 Å². The van der Waals surface area contributed by atoms with E-state index in [9.17, 15) is 0 Å². The third kappa shape index (κ3) is 4.22. The Hall–Kier alpha value is -1.84. The molecule has 2 unspecified atom stereocenters. The largest absolute Gasteiger partial charge is 0.494 e. The molecule has 0 spiro atoms. The van der Waals surface area contributed by atoms with Gasteiger partial charge in [-0.15, -0.1) is 0 Å². The molecule has 0 amide bonds. The second kappa shape index (κ2) is 8.89. The number of fused-ring (bicyclic) bond motifs is 3. The van der Waals surface area contributed by atoms with Crippen molar-refractivity contribution in [3.8, 4) is 5.75 Å². The van der Waals surface area contributed by atoms with E-state index in [0.717, 1.165) is 25.3 Å². The highest BCUT2D eigenvalue weighted by atomic mass is 16.5. The molecule has 2 atom stereocenters. The van der Waals surface area contributed by atoms with E-state index in [1.807, 2.05) is 0 Å². The molecule has 5 rings (SSSR count). The molecule has 0 radical (unpaired) electrons. The van der Waals surface area contributed by atoms with Gasteiger partial charge in [-0.1, -0.05) is 42.8 Å². The number of benzene rings is 2. The first-order valence-corrected chi connectivity index (χ1v) is 11.7. The molecule has 3 aliphatic heterocycles. The highest BCUT2D eigenvalue weighted by Gasteiger charge is 2.36. The van der Waals surface area contributed by atoms with E-state index >= 15 is 0 Å². The van der Waals surface area contributed by atoms with Crippen molar-refractivity contribution in [2.75, 3.05) is 39.3 Å². The van der Waals surface area contributed by atoms with Crippen LogP contribution in [0.4, 0.5) is 0 Å². The minimum Gasteiger partial charge on any atom is -0.494 e. The van der Waals surface area contributed by atoms with Gasteiger partial charge in [-0.3, -0.25) is 4.90 Å². The van der Waals surface area contributed by atoms with Crippen LogP contribution in [0.1, 0.15) is 67.2 Å². The van der Waals surface area contributed by atoms with Crippen LogP contribution in [0.5, 0.6) is 5.75 Å². The summed E-state index contributed by atoms with van der Waals surface area (Å²) < 4.78 is 6.21. The van der Waals surface area contributed by atoms with Crippen LogP contribution in [0.3, 0.4) is 0 Å². The lowest BCUT2D eigenvalue weighted by Gasteiger charge is -2.37. The lowest BCUT2D eigenvalue weighted by Crippen LogP contribution is -2.34. The topological polar surface area (TPSA) is 15.7 Å². The number of rotatable bonds is 6. The van der Waals surface area contributed by atoms with Crippen molar-refractivity contribution in [3.63, 3.8) is 0 Å². The van der Waals surface area contributed by atoms with Gasteiger partial charge in [-0.2, -0.15) is 0 Å². The minimum atomic E-state index is 0.480. The Kier molecular flexibility index (Phi) is 5.87. The molecular weight excluding hydrogens is 356 g/mol. The van der Waals surface area contributed by atoms with Crippen molar-refractivity contribution in [3.05, 3.63) is 65.2 Å². The van der Waals surface area contributed by atoms with Crippen molar-refractivity contribution < 1.29 is 4.74 Å². The molecular formula is C26H34N2O. The van der Waals surface area contributed by atoms with Gasteiger partial charge >= 0.3 is 0 Å². The lowest BCUT2D eigenvalue weighted by atomic mass is 9.81. The quantitative estimate of drug-likeness (QED) is 0.629. The maximum Gasteiger partial charge on any atom is 0.119 e. The number of hydrogen-bond acceptors (Lipinski definition) is 3. The molecule has 3 nitrogen and oxygen atoms in total. The lowest BCUT2D eigenvalue weighted by molar-refractivity contribution is 0.204. The summed E-state index contributed by atoms with van der Waals surface area (Å²) in [6.45, 7) is 6.93. The summed E-state index contributed by atoms with van der Waals surface area (Å²) in [7, 11) is 0. The fourth-order valence-electron chi connectivity index (χ4n) is 5.61. The van der Waals surface area contributed by atoms with Gasteiger partial charge in [0.2, 0.25) is 0 Å². The van der Waals surface area contributed by atoms with Gasteiger partial charge in [0, 0.05) is 25.0 Å². The summed E-state index contributed by atoms with van der Waals surface area (Å²) in [4.78, 5) is 5.29. The SMILES string of the molecule is c1ccc(C2CN3CCCC3c3cc(OCCCN4CCCCC4)ccc32)cc1. The van der Waals surface area contributed by atoms with Gasteiger partial charge in [-0.25, -0.2) is 0 Å². The standard InChI is InChI=1S/C26H34N2O/c1-3-9-21(10-4-1)25-20-28-17-7-11-26(28)24-19-22(12-13-23(24)25)29-18-8-16-27-14-5-2-6-15-27/h1,3-4,9-10,12-13,19,25-26H,2,5-8,11,14-18,20H2. The van der Waals surface area contributed by atoms with Crippen molar-refractivity contribution >= 4 is 0 Å². The smallest absolute Gasteiger partial charge is 0.119 e. The zero-order valence-corrected chi connectivity index (χ0v) is 17.6. The molecule has 2 aromatic carbocycles. The average molecular weight is 391 g/mol. The van der Waals surface area contributed by atoms with Gasteiger partial charge in [0.05, 0.1) is 6.61 Å². The van der Waals surface area contributed by atoms with Gasteiger partial charge in [0.25, 0.3) is 0 Å². The molecule has 3 heteroatoms. The van der Waals surface area contributed by atoms with E-state index in [4.69, 9.17) is 4.74 Å². The number of hydrogen-bond donors (Lipinski definition) is 0. The molecule has 0 N–H and O–H groups in total. The van der Waals surface area contributed by atoms with Crippen LogP contribution in [0, 0.1) is 0 Å². The van der Waals surface area contributed by atoms with E-state index in [0.29, 0.717) is 12.0 Å². The van der Waals surface area contributed by atoms with Crippen LogP contribution in [-0.2, 0) is 0 Å². The number of likely N-dealkylation sites (tertiary alicyclic amines) is 1. The number of ether oxygens (including phenoxy) is 1. The Morgan fingerprint density at radius 2 is 1.72 bits per heavy atom. The predicted molar refractivity (Wildman–Crippen MR) is 119 cm³/mol. The van der Waals surface area contributed by atoms with E-state index in [-0.39, 0.29) is 0 Å². The number of piperidine rings is 1. The van der Waals surface area contributed by atoms with E-state index in [1.54, 1.807) is 0 Å². The summed E-state index contributed by atoms with van der Waals surface area (Å²) >= 11 is 0. The molecule has 2 fully saturated rings. The molecule has 3 aliphatic rings. The summed E-state index contributed by atoms with van der Waals surface area (Å²) in [6.07, 6.45) is 7.86. The van der Waals surface area contributed by atoms with Crippen molar-refractivity contribution in [1.29, 1.82) is 0 Å². The summed E-state index contributed by atoms with van der Waals surface area (Å²) in [5.41, 5.74) is 4.46. The molecule has 0 aliphatic carbocycles. The maximum atomic E-state index is 6.21. The first-order valence-electron chi connectivity index (χ1n) is 11.7. The molecule has 0 aromatic heterocycles. The first-order chi connectivity index (χ1) is 14.4. The van der Waals surface area contributed by atoms with Crippen LogP contribution < -0.4 is 4.74 Å². The Balaban J connectivity index is 1.29. The molecule has 2 aromatic rings. The maximum absolute atomic E-state index is 6.21. The highest BCUT2D eigenvalue weighted by Crippen LogP contribution is 2.45. The minimum absolute atomic E-state index is 0.480. The Bertz CT molecular complexity index is 800. The van der Waals surface area contributed by atoms with Crippen LogP contribution in [0.15, 0.2) is 48.5 Å². The van der Waals surface area contributed by atoms with Crippen molar-refractivity contribution in [2.24, 2.45) is 0 Å². The molecule has 2 saturated heterocycles. The second-order valence-corrected chi connectivity index (χ2v) is 9.01. The summed E-state index contributed by atoms with van der Waals surface area (Å²) in [5, 5.41) is 0. The van der Waals surface area contributed by atoms with Gasteiger partial charge in [0.1, 0.15) is 5.75 Å². The zero-order chi connectivity index (χ0) is 19.5. The number of nitrogens with zero attached hydrogens (tertiary/aromatic N) is 2. The fraction of sp³-hybridized carbons (Fsp3) is 0.538. The highest BCUT2D eigenvalue weighted by molar-refractivity contribution is 5.46. The zero-order valence-electron chi connectivity index (χ0n) is 17.6. The molecule has 154 valence electrons. The second-order valence-electron chi connectivity index (χ2n) is 9.01. The van der Waals surface area contributed by atoms with Crippen molar-refractivity contribution in [2.45, 2.75) is 50.5 Å². The molecule has 0 saturated carbocycles. The summed E-state index contributed by atoms with van der Waals surface area (Å²) in [5.74, 6) is 1.54. The molecule has 29 heavy (non-hydrogen) atoms. The normalized spacial score (nSPS) is 24.8. The van der Waals surface area contributed by atoms with E-state index < -0.39 is 0 Å². The van der Waals surface area contributed by atoms with E-state index in [1.165, 1.54) is 75.0 Å². The first kappa shape index (κ1) is 19.1. The predicted octanol–water partition coefficient (Wildman–Crippen LogP) is 5.22. The van der Waals surface area contributed by atoms with Gasteiger partial charge < -0.3 is 9.64 Å². The Morgan fingerprint density at radius 3 is 2.59 bits per heavy atom. The van der Waals surface area contributed by atoms with Crippen LogP contribution in [0.25, 0.3) is 0 Å². The van der Waals surface area contributed by atoms with Gasteiger partial charge in [0.15, 0.2) is 0 Å². The Morgan fingerprint density at radius 1 is 0.862 bits per heavy atom. The summed E-state index contributed by atoms with van der Waals surface area (Å²) in [6, 6.07) is 18.5. The van der Waals surface area contributed by atoms with Gasteiger partial charge in [-0.05, 0) is 80.6 Å². The average Bonchev–Trinajstić information content (AvgIpc) is 3.26. The van der Waals surface area contributed by atoms with E-state index in [2.05, 4.69) is 58.3 Å².